The van der Waals surface area contributed by atoms with Crippen molar-refractivity contribution >= 4 is 39.0 Å². The van der Waals surface area contributed by atoms with E-state index in [0.717, 1.165) is 75.0 Å². The number of halogens is 1. The Labute approximate surface area is 187 Å². The van der Waals surface area contributed by atoms with Gasteiger partial charge >= 0.3 is 0 Å². The molecule has 1 unspecified atom stereocenters. The number of morpholine rings is 1. The molecule has 0 bridgehead atoms. The number of hydrogen-bond acceptors (Lipinski definition) is 8. The normalized spacial score (nSPS) is 19.7. The van der Waals surface area contributed by atoms with Gasteiger partial charge in [-0.3, -0.25) is 0 Å². The summed E-state index contributed by atoms with van der Waals surface area (Å²) in [7, 11) is 4.00. The topological polar surface area (TPSA) is 62.8 Å². The lowest BCUT2D eigenvalue weighted by Gasteiger charge is -2.37. The van der Waals surface area contributed by atoms with Crippen LogP contribution in [0.25, 0.3) is 10.2 Å². The number of methoxy groups -OCH3 is 1. The van der Waals surface area contributed by atoms with E-state index in [9.17, 15) is 0 Å². The highest BCUT2D eigenvalue weighted by atomic mass is 35.5. The van der Waals surface area contributed by atoms with Crippen LogP contribution in [0.5, 0.6) is 0 Å². The fourth-order valence-electron chi connectivity index (χ4n) is 4.55. The lowest BCUT2D eigenvalue weighted by atomic mass is 9.87. The summed E-state index contributed by atoms with van der Waals surface area (Å²) in [5, 5.41) is 3.82. The fraction of sp³-hybridized carbons (Fsp3) is 0.714. The van der Waals surface area contributed by atoms with Crippen LogP contribution < -0.4 is 10.2 Å². The maximum atomic E-state index is 6.28. The number of aromatic nitrogens is 2. The SMILES string of the molecule is COCCN(C)C(Cc1cc2nc(Cl)nc(N3CCOCC3)c2s1)C1CCNCC1. The van der Waals surface area contributed by atoms with Crippen LogP contribution in [0.3, 0.4) is 0 Å². The minimum atomic E-state index is 0.320. The van der Waals surface area contributed by atoms with Gasteiger partial charge in [-0.1, -0.05) is 0 Å². The van der Waals surface area contributed by atoms with Crippen molar-refractivity contribution in [3.8, 4) is 0 Å². The molecule has 2 aliphatic rings. The largest absolute Gasteiger partial charge is 0.383 e. The number of ether oxygens (including phenoxy) is 2. The van der Waals surface area contributed by atoms with Crippen molar-refractivity contribution in [2.75, 3.05) is 71.6 Å². The molecule has 0 saturated carbocycles. The lowest BCUT2D eigenvalue weighted by Crippen LogP contribution is -2.45. The number of rotatable bonds is 8. The number of nitrogens with zero attached hydrogens (tertiary/aromatic N) is 4. The van der Waals surface area contributed by atoms with Gasteiger partial charge in [0.05, 0.1) is 30.0 Å². The van der Waals surface area contributed by atoms with Crippen molar-refractivity contribution in [3.05, 3.63) is 16.2 Å². The Morgan fingerprint density at radius 3 is 2.83 bits per heavy atom. The van der Waals surface area contributed by atoms with Gasteiger partial charge in [0.25, 0.3) is 0 Å². The third-order valence-corrected chi connectivity index (χ3v) is 7.55. The van der Waals surface area contributed by atoms with Crippen molar-refractivity contribution in [1.82, 2.24) is 20.2 Å². The zero-order valence-electron chi connectivity index (χ0n) is 17.9. The van der Waals surface area contributed by atoms with E-state index in [2.05, 4.69) is 38.2 Å². The van der Waals surface area contributed by atoms with Crippen LogP contribution in [0, 0.1) is 5.92 Å². The molecule has 2 saturated heterocycles. The number of thiophene rings is 1. The summed E-state index contributed by atoms with van der Waals surface area (Å²) in [6.45, 7) is 7.04. The zero-order chi connectivity index (χ0) is 20.9. The molecule has 0 aromatic carbocycles. The molecule has 2 aliphatic heterocycles. The summed E-state index contributed by atoms with van der Waals surface area (Å²) in [5.41, 5.74) is 0.958. The van der Waals surface area contributed by atoms with Gasteiger partial charge in [-0.05, 0) is 63.0 Å². The molecule has 2 aromatic heterocycles. The van der Waals surface area contributed by atoms with Crippen molar-refractivity contribution in [2.24, 2.45) is 5.92 Å². The Morgan fingerprint density at radius 1 is 1.33 bits per heavy atom. The molecule has 7 nitrogen and oxygen atoms in total. The number of nitrogens with one attached hydrogen (secondary N) is 1. The average Bonchev–Trinajstić information content (AvgIpc) is 3.18. The highest BCUT2D eigenvalue weighted by molar-refractivity contribution is 7.19. The second kappa shape index (κ2) is 10.5. The van der Waals surface area contributed by atoms with Gasteiger partial charge < -0.3 is 24.6 Å². The summed E-state index contributed by atoms with van der Waals surface area (Å²) in [6, 6.07) is 2.71. The first-order chi connectivity index (χ1) is 14.7. The van der Waals surface area contributed by atoms with E-state index in [1.807, 2.05) is 11.3 Å². The van der Waals surface area contributed by atoms with Crippen LogP contribution >= 0.6 is 22.9 Å². The van der Waals surface area contributed by atoms with Crippen LogP contribution in [0.1, 0.15) is 17.7 Å². The molecule has 0 aliphatic carbocycles. The Hall–Kier alpha value is -1.03. The van der Waals surface area contributed by atoms with Crippen LogP contribution in [0.15, 0.2) is 6.07 Å². The number of piperidine rings is 1. The van der Waals surface area contributed by atoms with Crippen LogP contribution in [0.2, 0.25) is 5.28 Å². The first kappa shape index (κ1) is 22.2. The third-order valence-electron chi connectivity index (χ3n) is 6.24. The molecule has 2 fully saturated rings. The third kappa shape index (κ3) is 5.23. The maximum Gasteiger partial charge on any atom is 0.224 e. The van der Waals surface area contributed by atoms with Crippen LogP contribution in [-0.2, 0) is 15.9 Å². The van der Waals surface area contributed by atoms with E-state index in [-0.39, 0.29) is 0 Å². The van der Waals surface area contributed by atoms with E-state index in [1.54, 1.807) is 7.11 Å². The van der Waals surface area contributed by atoms with Crippen molar-refractivity contribution < 1.29 is 9.47 Å². The van der Waals surface area contributed by atoms with E-state index in [1.165, 1.54) is 17.7 Å². The number of likely N-dealkylation sites (N-methyl/N-ethyl adjacent to an activating group) is 1. The first-order valence-corrected chi connectivity index (χ1v) is 12.0. The second-order valence-corrected chi connectivity index (χ2v) is 9.65. The first-order valence-electron chi connectivity index (χ1n) is 10.8. The number of hydrogen-bond donors (Lipinski definition) is 1. The molecule has 0 radical (unpaired) electrons. The predicted molar refractivity (Wildman–Crippen MR) is 123 cm³/mol. The van der Waals surface area contributed by atoms with E-state index in [0.29, 0.717) is 17.2 Å². The fourth-order valence-corrected chi connectivity index (χ4v) is 5.88. The lowest BCUT2D eigenvalue weighted by molar-refractivity contribution is 0.103. The highest BCUT2D eigenvalue weighted by Gasteiger charge is 2.28. The standard InChI is InChI=1S/C21H32ClN5O2S/c1-26(7-10-28-2)18(15-3-5-23-6-4-15)14-16-13-17-19(30-16)20(25-21(22)24-17)27-8-11-29-12-9-27/h13,15,18,23H,3-12,14H2,1-2H3. The minimum absolute atomic E-state index is 0.320. The number of fused-ring (bicyclic) bond motifs is 1. The van der Waals surface area contributed by atoms with E-state index < -0.39 is 0 Å². The Morgan fingerprint density at radius 2 is 2.10 bits per heavy atom. The van der Waals surface area contributed by atoms with Gasteiger partial charge in [0.1, 0.15) is 0 Å². The molecule has 4 rings (SSSR count). The van der Waals surface area contributed by atoms with Gasteiger partial charge in [0, 0.05) is 37.7 Å². The Bertz CT molecular complexity index is 823. The molecule has 1 N–H and O–H groups in total. The van der Waals surface area contributed by atoms with Crippen LogP contribution in [-0.4, -0.2) is 87.6 Å². The summed E-state index contributed by atoms with van der Waals surface area (Å²) in [6.07, 6.45) is 3.46. The summed E-state index contributed by atoms with van der Waals surface area (Å²) in [4.78, 5) is 15.2. The van der Waals surface area contributed by atoms with E-state index >= 15 is 0 Å². The highest BCUT2D eigenvalue weighted by Crippen LogP contribution is 2.35. The predicted octanol–water partition coefficient (Wildman–Crippen LogP) is 2.67. The van der Waals surface area contributed by atoms with Crippen molar-refractivity contribution in [1.29, 1.82) is 0 Å². The molecule has 4 heterocycles. The maximum absolute atomic E-state index is 6.28. The van der Waals surface area contributed by atoms with Gasteiger partial charge in [-0.25, -0.2) is 4.98 Å². The Balaban J connectivity index is 1.60. The van der Waals surface area contributed by atoms with Crippen LogP contribution in [0.4, 0.5) is 5.82 Å². The number of anilines is 1. The molecular formula is C21H32ClN5O2S. The molecule has 1 atom stereocenters. The van der Waals surface area contributed by atoms with Gasteiger partial charge in [0.15, 0.2) is 5.82 Å². The smallest absolute Gasteiger partial charge is 0.224 e. The molecule has 0 spiro atoms. The molecule has 9 heteroatoms. The van der Waals surface area contributed by atoms with Crippen molar-refractivity contribution in [2.45, 2.75) is 25.3 Å². The zero-order valence-corrected chi connectivity index (χ0v) is 19.5. The molecule has 2 aromatic rings. The second-order valence-electron chi connectivity index (χ2n) is 8.18. The quantitative estimate of drug-likeness (QED) is 0.616. The monoisotopic (exact) mass is 453 g/mol. The average molecular weight is 454 g/mol. The van der Waals surface area contributed by atoms with E-state index in [4.69, 9.17) is 21.1 Å². The van der Waals surface area contributed by atoms with Gasteiger partial charge in [0.2, 0.25) is 5.28 Å². The molecular weight excluding hydrogens is 422 g/mol. The molecule has 166 valence electrons. The Kier molecular flexibility index (Phi) is 7.78. The summed E-state index contributed by atoms with van der Waals surface area (Å²) in [5.74, 6) is 1.64. The summed E-state index contributed by atoms with van der Waals surface area (Å²) >= 11 is 8.10. The minimum Gasteiger partial charge on any atom is -0.383 e. The van der Waals surface area contributed by atoms with Gasteiger partial charge in [-0.15, -0.1) is 11.3 Å². The molecule has 30 heavy (non-hydrogen) atoms. The van der Waals surface area contributed by atoms with Gasteiger partial charge in [-0.2, -0.15) is 4.98 Å². The van der Waals surface area contributed by atoms with Crippen molar-refractivity contribution in [3.63, 3.8) is 0 Å². The summed E-state index contributed by atoms with van der Waals surface area (Å²) < 4.78 is 12.0. The molecule has 0 amide bonds.